The van der Waals surface area contributed by atoms with Gasteiger partial charge in [-0.15, -0.1) is 0 Å². The number of carbonyl (C=O) groups is 3. The summed E-state index contributed by atoms with van der Waals surface area (Å²) < 4.78 is 23.0. The Hall–Kier alpha value is -4.73. The average molecular weight is 564 g/mol. The van der Waals surface area contributed by atoms with Crippen LogP contribution in [0.1, 0.15) is 54.6 Å². The summed E-state index contributed by atoms with van der Waals surface area (Å²) in [7, 11) is 0. The molecule has 4 rings (SSSR count). The molecule has 0 unspecified atom stereocenters. The molecular formula is C31H33NO9. The van der Waals surface area contributed by atoms with Gasteiger partial charge in [0, 0.05) is 30.0 Å². The SMILES string of the molecule is CC(C)NC(=O)c1cc(OCc2cccc(OCCCC(=O)O)c2CCC(=O)O)cc(-c2ccc3c(c2)OCO3)c1. The predicted molar refractivity (Wildman–Crippen MR) is 150 cm³/mol. The van der Waals surface area contributed by atoms with Crippen molar-refractivity contribution < 1.29 is 43.5 Å². The molecule has 0 saturated carbocycles. The van der Waals surface area contributed by atoms with E-state index >= 15 is 0 Å². The third-order valence-corrected chi connectivity index (χ3v) is 6.30. The van der Waals surface area contributed by atoms with Crippen molar-refractivity contribution in [2.24, 2.45) is 0 Å². The van der Waals surface area contributed by atoms with E-state index in [9.17, 15) is 19.5 Å². The highest BCUT2D eigenvalue weighted by atomic mass is 16.7. The van der Waals surface area contributed by atoms with Gasteiger partial charge in [0.25, 0.3) is 5.91 Å². The molecule has 0 spiro atoms. The molecule has 1 amide bonds. The van der Waals surface area contributed by atoms with Crippen molar-refractivity contribution in [1.29, 1.82) is 0 Å². The highest BCUT2D eigenvalue weighted by molar-refractivity contribution is 5.96. The second kappa shape index (κ2) is 13.6. The zero-order chi connectivity index (χ0) is 29.4. The maximum atomic E-state index is 12.9. The fourth-order valence-electron chi connectivity index (χ4n) is 4.37. The molecule has 0 aliphatic carbocycles. The van der Waals surface area contributed by atoms with E-state index in [0.717, 1.165) is 16.7 Å². The Morgan fingerprint density at radius 2 is 1.68 bits per heavy atom. The molecule has 0 atom stereocenters. The highest BCUT2D eigenvalue weighted by Gasteiger charge is 2.18. The molecule has 3 aromatic carbocycles. The van der Waals surface area contributed by atoms with Crippen molar-refractivity contribution in [2.75, 3.05) is 13.4 Å². The third-order valence-electron chi connectivity index (χ3n) is 6.30. The first-order chi connectivity index (χ1) is 19.7. The number of fused-ring (bicyclic) bond motifs is 1. The van der Waals surface area contributed by atoms with E-state index in [4.69, 9.17) is 24.1 Å². The first kappa shape index (κ1) is 29.3. The fourth-order valence-corrected chi connectivity index (χ4v) is 4.37. The van der Waals surface area contributed by atoms with E-state index < -0.39 is 11.9 Å². The minimum atomic E-state index is -0.949. The van der Waals surface area contributed by atoms with Gasteiger partial charge in [0.1, 0.15) is 18.1 Å². The minimum Gasteiger partial charge on any atom is -0.493 e. The lowest BCUT2D eigenvalue weighted by Crippen LogP contribution is -2.30. The van der Waals surface area contributed by atoms with Crippen molar-refractivity contribution in [1.82, 2.24) is 5.32 Å². The van der Waals surface area contributed by atoms with Crippen LogP contribution in [0.5, 0.6) is 23.0 Å². The van der Waals surface area contributed by atoms with Crippen LogP contribution in [0, 0.1) is 0 Å². The van der Waals surface area contributed by atoms with E-state index in [-0.39, 0.29) is 51.2 Å². The molecular weight excluding hydrogens is 530 g/mol. The first-order valence-electron chi connectivity index (χ1n) is 13.4. The average Bonchev–Trinajstić information content (AvgIpc) is 3.41. The van der Waals surface area contributed by atoms with Gasteiger partial charge in [-0.3, -0.25) is 14.4 Å². The Morgan fingerprint density at radius 3 is 2.44 bits per heavy atom. The van der Waals surface area contributed by atoms with Crippen molar-refractivity contribution in [3.05, 3.63) is 71.3 Å². The van der Waals surface area contributed by atoms with Crippen LogP contribution in [0.3, 0.4) is 0 Å². The smallest absolute Gasteiger partial charge is 0.303 e. The van der Waals surface area contributed by atoms with E-state index in [2.05, 4.69) is 5.32 Å². The quantitative estimate of drug-likeness (QED) is 0.230. The molecule has 216 valence electrons. The molecule has 10 nitrogen and oxygen atoms in total. The number of amides is 1. The number of rotatable bonds is 14. The van der Waals surface area contributed by atoms with Crippen LogP contribution in [-0.2, 0) is 22.6 Å². The van der Waals surface area contributed by atoms with Crippen molar-refractivity contribution >= 4 is 17.8 Å². The van der Waals surface area contributed by atoms with Gasteiger partial charge in [-0.1, -0.05) is 18.2 Å². The van der Waals surface area contributed by atoms with Gasteiger partial charge in [0.05, 0.1) is 6.61 Å². The molecule has 0 aromatic heterocycles. The Bertz CT molecular complexity index is 1420. The molecule has 0 fully saturated rings. The lowest BCUT2D eigenvalue weighted by atomic mass is 10.0. The van der Waals surface area contributed by atoms with E-state index in [1.165, 1.54) is 0 Å². The third kappa shape index (κ3) is 8.14. The zero-order valence-corrected chi connectivity index (χ0v) is 23.0. The summed E-state index contributed by atoms with van der Waals surface area (Å²) in [5, 5.41) is 21.1. The van der Waals surface area contributed by atoms with Crippen LogP contribution in [-0.4, -0.2) is 47.5 Å². The van der Waals surface area contributed by atoms with E-state index in [1.807, 2.05) is 44.2 Å². The maximum absolute atomic E-state index is 12.9. The molecule has 0 radical (unpaired) electrons. The summed E-state index contributed by atoms with van der Waals surface area (Å²) in [6.07, 6.45) is 0.395. The number of nitrogens with one attached hydrogen (secondary N) is 1. The van der Waals surface area contributed by atoms with Crippen LogP contribution in [0.4, 0.5) is 0 Å². The Kier molecular flexibility index (Phi) is 9.68. The number of benzene rings is 3. The second-order valence-electron chi connectivity index (χ2n) is 9.86. The lowest BCUT2D eigenvalue weighted by Gasteiger charge is -2.17. The summed E-state index contributed by atoms with van der Waals surface area (Å²) in [6.45, 7) is 4.19. The number of ether oxygens (including phenoxy) is 4. The molecule has 41 heavy (non-hydrogen) atoms. The number of carboxylic acids is 2. The van der Waals surface area contributed by atoms with Gasteiger partial charge in [-0.2, -0.15) is 0 Å². The van der Waals surface area contributed by atoms with Gasteiger partial charge in [0.2, 0.25) is 6.79 Å². The molecule has 1 aliphatic rings. The molecule has 3 aromatic rings. The Morgan fingerprint density at radius 1 is 0.902 bits per heavy atom. The Balaban J connectivity index is 1.61. The zero-order valence-electron chi connectivity index (χ0n) is 23.0. The number of carbonyl (C=O) groups excluding carboxylic acids is 1. The van der Waals surface area contributed by atoms with Crippen LogP contribution >= 0.6 is 0 Å². The van der Waals surface area contributed by atoms with Crippen LogP contribution in [0.25, 0.3) is 11.1 Å². The monoisotopic (exact) mass is 563 g/mol. The summed E-state index contributed by atoms with van der Waals surface area (Å²) >= 11 is 0. The second-order valence-corrected chi connectivity index (χ2v) is 9.86. The number of hydrogen-bond donors (Lipinski definition) is 3. The van der Waals surface area contributed by atoms with Gasteiger partial charge >= 0.3 is 11.9 Å². The largest absolute Gasteiger partial charge is 0.493 e. The number of aliphatic carboxylic acids is 2. The summed E-state index contributed by atoms with van der Waals surface area (Å²) in [4.78, 5) is 35.1. The topological polar surface area (TPSA) is 141 Å². The summed E-state index contributed by atoms with van der Waals surface area (Å²) in [5.74, 6) is 0.102. The Labute approximate surface area is 237 Å². The number of carboxylic acid groups (broad SMARTS) is 2. The summed E-state index contributed by atoms with van der Waals surface area (Å²) in [5.41, 5.74) is 3.39. The lowest BCUT2D eigenvalue weighted by molar-refractivity contribution is -0.138. The van der Waals surface area contributed by atoms with Crippen LogP contribution in [0.2, 0.25) is 0 Å². The molecule has 3 N–H and O–H groups in total. The molecule has 0 saturated heterocycles. The highest BCUT2D eigenvalue weighted by Crippen LogP contribution is 2.37. The van der Waals surface area contributed by atoms with E-state index in [1.54, 1.807) is 24.3 Å². The van der Waals surface area contributed by atoms with Gasteiger partial charge in [-0.25, -0.2) is 0 Å². The standard InChI is InChI=1S/C31H33NO9/c1-19(2)32-31(37)23-13-22(20-8-10-27-28(16-20)41-18-40-27)14-24(15-23)39-17-21-5-3-6-26(25(21)9-11-30(35)36)38-12-4-7-29(33)34/h3,5-6,8,10,13-16,19H,4,7,9,11-12,17-18H2,1-2H3,(H,32,37)(H,33,34)(H,35,36). The van der Waals surface area contributed by atoms with Gasteiger partial charge in [-0.05, 0) is 79.8 Å². The molecule has 1 aliphatic heterocycles. The van der Waals surface area contributed by atoms with Gasteiger partial charge < -0.3 is 34.5 Å². The van der Waals surface area contributed by atoms with Crippen LogP contribution in [0.15, 0.2) is 54.6 Å². The maximum Gasteiger partial charge on any atom is 0.303 e. The number of hydrogen-bond acceptors (Lipinski definition) is 7. The first-order valence-corrected chi connectivity index (χ1v) is 13.4. The fraction of sp³-hybridized carbons (Fsp3) is 0.323. The normalized spacial score (nSPS) is 11.8. The molecule has 0 bridgehead atoms. The predicted octanol–water partition coefficient (Wildman–Crippen LogP) is 5.06. The van der Waals surface area contributed by atoms with Crippen molar-refractivity contribution in [3.8, 4) is 34.1 Å². The minimum absolute atomic E-state index is 0.0281. The van der Waals surface area contributed by atoms with Gasteiger partial charge in [0.15, 0.2) is 11.5 Å². The van der Waals surface area contributed by atoms with Crippen molar-refractivity contribution in [3.63, 3.8) is 0 Å². The van der Waals surface area contributed by atoms with E-state index in [0.29, 0.717) is 40.5 Å². The van der Waals surface area contributed by atoms with Crippen molar-refractivity contribution in [2.45, 2.75) is 52.2 Å². The van der Waals surface area contributed by atoms with Crippen LogP contribution < -0.4 is 24.3 Å². The molecule has 10 heteroatoms. The summed E-state index contributed by atoms with van der Waals surface area (Å²) in [6, 6.07) is 16.1. The molecule has 1 heterocycles.